The van der Waals surface area contributed by atoms with E-state index in [2.05, 4.69) is 0 Å². The predicted octanol–water partition coefficient (Wildman–Crippen LogP) is 3.70. The van der Waals surface area contributed by atoms with E-state index in [1.165, 1.54) is 48.6 Å². The van der Waals surface area contributed by atoms with Crippen molar-refractivity contribution < 1.29 is 44.4 Å². The zero-order valence-electron chi connectivity index (χ0n) is 17.1. The number of carbonyl (C=O) groups excluding carboxylic acids is 1. The molecule has 0 unspecified atom stereocenters. The summed E-state index contributed by atoms with van der Waals surface area (Å²) < 4.78 is 0. The molecule has 4 N–H and O–H groups in total. The van der Waals surface area contributed by atoms with Crippen LogP contribution in [0.4, 0.5) is 0 Å². The van der Waals surface area contributed by atoms with E-state index in [0.717, 1.165) is 0 Å². The molecule has 0 heterocycles. The molecule has 0 radical (unpaired) electrons. The van der Waals surface area contributed by atoms with Gasteiger partial charge in [0.2, 0.25) is 0 Å². The largest absolute Gasteiger partial charge is 0.478 e. The van der Waals surface area contributed by atoms with Gasteiger partial charge in [0.1, 0.15) is 0 Å². The summed E-state index contributed by atoms with van der Waals surface area (Å²) in [6.45, 7) is 0. The van der Waals surface area contributed by atoms with Gasteiger partial charge in [-0.05, 0) is 66.8 Å². The van der Waals surface area contributed by atoms with Crippen molar-refractivity contribution in [2.45, 2.75) is 19.3 Å². The minimum absolute atomic E-state index is 0.306. The lowest BCUT2D eigenvalue weighted by molar-refractivity contribution is -0.112. The minimum Gasteiger partial charge on any atom is -0.478 e. The van der Waals surface area contributed by atoms with Crippen LogP contribution in [0.2, 0.25) is 0 Å². The lowest BCUT2D eigenvalue weighted by Crippen LogP contribution is -2.13. The SMILES string of the molecule is O=C1/C(=C/c2ccc(C(=O)O)c(C(=O)O)c2)CCC/C1=C\c1ccc(C(=O)O)c(C(=O)O)c1. The molecule has 33 heavy (non-hydrogen) atoms. The number of benzene rings is 2. The zero-order valence-corrected chi connectivity index (χ0v) is 17.1. The number of carbonyl (C=O) groups is 5. The van der Waals surface area contributed by atoms with E-state index in [-0.39, 0.29) is 16.9 Å². The van der Waals surface area contributed by atoms with Crippen LogP contribution in [0.25, 0.3) is 12.2 Å². The van der Waals surface area contributed by atoms with E-state index in [1.807, 2.05) is 0 Å². The predicted molar refractivity (Wildman–Crippen MR) is 116 cm³/mol. The molecule has 1 aliphatic rings. The van der Waals surface area contributed by atoms with E-state index >= 15 is 0 Å². The van der Waals surface area contributed by atoms with Gasteiger partial charge in [0.25, 0.3) is 0 Å². The Morgan fingerprint density at radius 3 is 1.30 bits per heavy atom. The molecule has 0 spiro atoms. The fourth-order valence-corrected chi connectivity index (χ4v) is 3.61. The number of Topliss-reactive ketones (excluding diaryl/α,β-unsaturated/α-hetero) is 1. The molecule has 168 valence electrons. The van der Waals surface area contributed by atoms with Crippen LogP contribution in [-0.4, -0.2) is 50.1 Å². The van der Waals surface area contributed by atoms with Crippen molar-refractivity contribution in [2.75, 3.05) is 0 Å². The Morgan fingerprint density at radius 2 is 0.970 bits per heavy atom. The molecule has 3 rings (SSSR count). The van der Waals surface area contributed by atoms with Crippen LogP contribution in [0.5, 0.6) is 0 Å². The van der Waals surface area contributed by atoms with Crippen LogP contribution in [0.15, 0.2) is 47.5 Å². The van der Waals surface area contributed by atoms with Gasteiger partial charge in [-0.15, -0.1) is 0 Å². The second-order valence-corrected chi connectivity index (χ2v) is 7.35. The highest BCUT2D eigenvalue weighted by molar-refractivity contribution is 6.14. The molecule has 1 aliphatic carbocycles. The summed E-state index contributed by atoms with van der Waals surface area (Å²) in [5.41, 5.74) is 0.00619. The second kappa shape index (κ2) is 9.31. The van der Waals surface area contributed by atoms with Crippen LogP contribution >= 0.6 is 0 Å². The second-order valence-electron chi connectivity index (χ2n) is 7.35. The fraction of sp³-hybridized carbons (Fsp3) is 0.125. The van der Waals surface area contributed by atoms with Gasteiger partial charge < -0.3 is 20.4 Å². The Labute approximate surface area is 186 Å². The molecule has 1 saturated carbocycles. The third-order valence-electron chi connectivity index (χ3n) is 5.17. The van der Waals surface area contributed by atoms with Gasteiger partial charge >= 0.3 is 23.9 Å². The number of carboxylic acid groups (broad SMARTS) is 4. The van der Waals surface area contributed by atoms with Gasteiger partial charge in [-0.3, -0.25) is 4.79 Å². The number of hydrogen-bond acceptors (Lipinski definition) is 5. The highest BCUT2D eigenvalue weighted by atomic mass is 16.4. The quantitative estimate of drug-likeness (QED) is 0.480. The van der Waals surface area contributed by atoms with Gasteiger partial charge in [-0.25, -0.2) is 19.2 Å². The lowest BCUT2D eigenvalue weighted by Gasteiger charge is -2.17. The maximum absolute atomic E-state index is 13.0. The van der Waals surface area contributed by atoms with Gasteiger partial charge in [-0.2, -0.15) is 0 Å². The van der Waals surface area contributed by atoms with Crippen molar-refractivity contribution in [3.8, 4) is 0 Å². The first-order valence-corrected chi connectivity index (χ1v) is 9.75. The molecule has 0 aliphatic heterocycles. The number of ketones is 1. The normalized spacial score (nSPS) is 16.1. The lowest BCUT2D eigenvalue weighted by atomic mass is 9.86. The van der Waals surface area contributed by atoms with Crippen LogP contribution in [0.3, 0.4) is 0 Å². The van der Waals surface area contributed by atoms with Gasteiger partial charge in [0.05, 0.1) is 22.3 Å². The van der Waals surface area contributed by atoms with Crippen molar-refractivity contribution in [2.24, 2.45) is 0 Å². The molecular weight excluding hydrogens is 432 g/mol. The summed E-state index contributed by atoms with van der Waals surface area (Å²) in [7, 11) is 0. The van der Waals surface area contributed by atoms with Crippen molar-refractivity contribution in [3.05, 3.63) is 80.9 Å². The van der Waals surface area contributed by atoms with Crippen molar-refractivity contribution >= 4 is 41.8 Å². The molecule has 0 amide bonds. The van der Waals surface area contributed by atoms with Gasteiger partial charge in [-0.1, -0.05) is 12.1 Å². The molecule has 0 saturated heterocycles. The van der Waals surface area contributed by atoms with Crippen LogP contribution < -0.4 is 0 Å². The number of rotatable bonds is 6. The van der Waals surface area contributed by atoms with Crippen LogP contribution in [0.1, 0.15) is 71.8 Å². The van der Waals surface area contributed by atoms with E-state index in [1.54, 1.807) is 0 Å². The summed E-state index contributed by atoms with van der Waals surface area (Å²) in [5.74, 6) is -5.86. The summed E-state index contributed by atoms with van der Waals surface area (Å²) in [6, 6.07) is 7.54. The number of allylic oxidation sites excluding steroid dienone is 2. The fourth-order valence-electron chi connectivity index (χ4n) is 3.61. The maximum Gasteiger partial charge on any atom is 0.336 e. The smallest absolute Gasteiger partial charge is 0.336 e. The van der Waals surface area contributed by atoms with Crippen molar-refractivity contribution in [1.29, 1.82) is 0 Å². The molecule has 1 fully saturated rings. The monoisotopic (exact) mass is 450 g/mol. The average Bonchev–Trinajstić information content (AvgIpc) is 2.76. The topological polar surface area (TPSA) is 166 Å². The van der Waals surface area contributed by atoms with E-state index in [9.17, 15) is 34.2 Å². The molecule has 0 atom stereocenters. The third-order valence-corrected chi connectivity index (χ3v) is 5.17. The first-order valence-electron chi connectivity index (χ1n) is 9.75. The van der Waals surface area contributed by atoms with E-state index in [0.29, 0.717) is 41.5 Å². The standard InChI is InChI=1S/C24H18O9/c25-20-14(8-12-4-6-16(21(26)27)18(10-12)23(30)31)2-1-3-15(20)9-13-5-7-17(22(28)29)19(11-13)24(32)33/h4-11H,1-3H2,(H,26,27)(H,28,29)(H,30,31)(H,32,33)/b14-8+,15-9+. The molecule has 0 bridgehead atoms. The van der Waals surface area contributed by atoms with Gasteiger partial charge in [0.15, 0.2) is 5.78 Å². The van der Waals surface area contributed by atoms with Crippen molar-refractivity contribution in [3.63, 3.8) is 0 Å². The molecule has 9 heteroatoms. The summed E-state index contributed by atoms with van der Waals surface area (Å²) >= 11 is 0. The number of aromatic carboxylic acids is 4. The van der Waals surface area contributed by atoms with E-state index < -0.39 is 35.0 Å². The molecule has 0 aromatic heterocycles. The Bertz CT molecular complexity index is 1170. The molecule has 2 aromatic rings. The Morgan fingerprint density at radius 1 is 0.606 bits per heavy atom. The summed E-state index contributed by atoms with van der Waals surface area (Å²) in [6.07, 6.45) is 4.48. The highest BCUT2D eigenvalue weighted by Gasteiger charge is 2.22. The zero-order chi connectivity index (χ0) is 24.3. The van der Waals surface area contributed by atoms with Crippen molar-refractivity contribution in [1.82, 2.24) is 0 Å². The van der Waals surface area contributed by atoms with Crippen LogP contribution in [0, 0.1) is 0 Å². The highest BCUT2D eigenvalue weighted by Crippen LogP contribution is 2.29. The molecule has 9 nitrogen and oxygen atoms in total. The van der Waals surface area contributed by atoms with E-state index in [4.69, 9.17) is 10.2 Å². The maximum atomic E-state index is 13.0. The summed E-state index contributed by atoms with van der Waals surface area (Å²) in [5, 5.41) is 36.8. The third kappa shape index (κ3) is 5.04. The van der Waals surface area contributed by atoms with Crippen LogP contribution in [-0.2, 0) is 4.79 Å². The first-order chi connectivity index (χ1) is 15.6. The number of hydrogen-bond donors (Lipinski definition) is 4. The Kier molecular flexibility index (Phi) is 6.53. The molecule has 2 aromatic carbocycles. The first kappa shape index (κ1) is 23.1. The Hall–Kier alpha value is -4.53. The average molecular weight is 450 g/mol. The Balaban J connectivity index is 1.96. The summed E-state index contributed by atoms with van der Waals surface area (Å²) in [4.78, 5) is 58.2. The molecular formula is C24H18O9. The minimum atomic E-state index is -1.40. The van der Waals surface area contributed by atoms with Gasteiger partial charge in [0, 0.05) is 11.1 Å². The number of carboxylic acids is 4.